The molecule has 10 nitrogen and oxygen atoms in total. The van der Waals surface area contributed by atoms with E-state index in [1.165, 1.54) is 12.1 Å². The minimum Gasteiger partial charge on any atom is -0.444 e. The van der Waals surface area contributed by atoms with Gasteiger partial charge in [-0.05, 0) is 57.2 Å². The summed E-state index contributed by atoms with van der Waals surface area (Å²) in [5.74, 6) is -0.273. The zero-order chi connectivity index (χ0) is 25.9. The first-order chi connectivity index (χ1) is 17.1. The quantitative estimate of drug-likeness (QED) is 0.372. The summed E-state index contributed by atoms with van der Waals surface area (Å²) >= 11 is 1.56. The maximum atomic E-state index is 13.2. The Labute approximate surface area is 213 Å². The van der Waals surface area contributed by atoms with Gasteiger partial charge in [0.2, 0.25) is 0 Å². The van der Waals surface area contributed by atoms with Crippen LogP contribution in [0.15, 0.2) is 48.0 Å². The number of likely N-dealkylation sites (tertiary alicyclic amines) is 1. The van der Waals surface area contributed by atoms with Crippen LogP contribution < -0.4 is 5.32 Å². The Balaban J connectivity index is 1.59. The van der Waals surface area contributed by atoms with Gasteiger partial charge in [-0.1, -0.05) is 6.07 Å². The number of thiophene rings is 1. The molecule has 11 heteroatoms. The highest BCUT2D eigenvalue weighted by Crippen LogP contribution is 2.33. The molecular formula is C25H29N5O5S. The molecule has 0 unspecified atom stereocenters. The third-order valence-electron chi connectivity index (χ3n) is 5.89. The van der Waals surface area contributed by atoms with Crippen LogP contribution in [0.25, 0.3) is 5.69 Å². The summed E-state index contributed by atoms with van der Waals surface area (Å²) in [7, 11) is 0. The molecule has 3 heterocycles. The molecule has 1 fully saturated rings. The lowest BCUT2D eigenvalue weighted by atomic mass is 9.91. The minimum atomic E-state index is -0.573. The standard InChI is InChI=1S/C25H29N5O5S/c1-25(2,3)35-24(32)28-12-10-17(11-13-28)22-21(23(31)26-15-20-5-4-14-36-20)16-27-29(22)18-6-8-19(9-7-18)30(33)34/h4-9,14,16-17H,10-13,15H2,1-3H3,(H,26,31). The van der Waals surface area contributed by atoms with Crippen LogP contribution in [0, 0.1) is 10.1 Å². The number of non-ortho nitro benzene ring substituents is 1. The lowest BCUT2D eigenvalue weighted by Gasteiger charge is -2.34. The van der Waals surface area contributed by atoms with Gasteiger partial charge in [0.05, 0.1) is 34.6 Å². The van der Waals surface area contributed by atoms with E-state index in [0.717, 1.165) is 10.6 Å². The fraction of sp³-hybridized carbons (Fsp3) is 0.400. The molecule has 0 aliphatic carbocycles. The third kappa shape index (κ3) is 5.91. The van der Waals surface area contributed by atoms with E-state index in [1.54, 1.807) is 39.2 Å². The number of rotatable bonds is 6. The van der Waals surface area contributed by atoms with E-state index in [0.29, 0.717) is 43.7 Å². The fourth-order valence-electron chi connectivity index (χ4n) is 4.18. The number of nitro groups is 1. The maximum Gasteiger partial charge on any atom is 0.410 e. The van der Waals surface area contributed by atoms with Crippen molar-refractivity contribution in [2.45, 2.75) is 51.7 Å². The van der Waals surface area contributed by atoms with Crippen molar-refractivity contribution in [2.75, 3.05) is 13.1 Å². The molecule has 3 aromatic rings. The summed E-state index contributed by atoms with van der Waals surface area (Å²) in [5, 5.41) is 20.5. The molecule has 1 aliphatic heterocycles. The van der Waals surface area contributed by atoms with Crippen LogP contribution in [-0.4, -0.2) is 50.3 Å². The van der Waals surface area contributed by atoms with Crippen molar-refractivity contribution in [3.8, 4) is 5.69 Å². The topological polar surface area (TPSA) is 120 Å². The zero-order valence-corrected chi connectivity index (χ0v) is 21.3. The normalized spacial score (nSPS) is 14.5. The van der Waals surface area contributed by atoms with Crippen LogP contribution in [0.2, 0.25) is 0 Å². The number of nitrogens with one attached hydrogen (secondary N) is 1. The number of amides is 2. The van der Waals surface area contributed by atoms with Gasteiger partial charge in [0, 0.05) is 36.0 Å². The largest absolute Gasteiger partial charge is 0.444 e. The second kappa shape index (κ2) is 10.5. The zero-order valence-electron chi connectivity index (χ0n) is 20.5. The molecule has 2 amide bonds. The van der Waals surface area contributed by atoms with Gasteiger partial charge in [-0.15, -0.1) is 11.3 Å². The molecule has 1 aliphatic rings. The summed E-state index contributed by atoms with van der Waals surface area (Å²) in [4.78, 5) is 39.1. The maximum absolute atomic E-state index is 13.2. The van der Waals surface area contributed by atoms with Crippen LogP contribution in [0.4, 0.5) is 10.5 Å². The average molecular weight is 512 g/mol. The molecule has 36 heavy (non-hydrogen) atoms. The Morgan fingerprint density at radius 1 is 1.19 bits per heavy atom. The smallest absolute Gasteiger partial charge is 0.410 e. The predicted molar refractivity (Wildman–Crippen MR) is 135 cm³/mol. The SMILES string of the molecule is CC(C)(C)OC(=O)N1CCC(c2c(C(=O)NCc3cccs3)cnn2-c2ccc([N+](=O)[O-])cc2)CC1. The summed E-state index contributed by atoms with van der Waals surface area (Å²) in [6.07, 6.45) is 2.45. The first-order valence-electron chi connectivity index (χ1n) is 11.7. The Morgan fingerprint density at radius 3 is 2.47 bits per heavy atom. The molecule has 190 valence electrons. The third-order valence-corrected chi connectivity index (χ3v) is 6.77. The number of hydrogen-bond acceptors (Lipinski definition) is 7. The summed E-state index contributed by atoms with van der Waals surface area (Å²) in [6, 6.07) is 9.97. The van der Waals surface area contributed by atoms with Crippen LogP contribution in [-0.2, 0) is 11.3 Å². The Bertz CT molecular complexity index is 1220. The summed E-state index contributed by atoms with van der Waals surface area (Å²) in [6.45, 7) is 6.89. The molecule has 0 spiro atoms. The van der Waals surface area contributed by atoms with E-state index >= 15 is 0 Å². The monoisotopic (exact) mass is 511 g/mol. The molecule has 0 saturated carbocycles. The summed E-state index contributed by atoms with van der Waals surface area (Å²) in [5.41, 5.74) is 1.22. The molecule has 0 radical (unpaired) electrons. The van der Waals surface area contributed by atoms with E-state index in [-0.39, 0.29) is 23.6 Å². The van der Waals surface area contributed by atoms with Gasteiger partial charge in [0.1, 0.15) is 5.60 Å². The van der Waals surface area contributed by atoms with Crippen molar-refractivity contribution in [3.63, 3.8) is 0 Å². The van der Waals surface area contributed by atoms with Gasteiger partial charge in [0.15, 0.2) is 0 Å². The van der Waals surface area contributed by atoms with E-state index in [2.05, 4.69) is 10.4 Å². The van der Waals surface area contributed by atoms with Crippen molar-refractivity contribution in [3.05, 3.63) is 74.2 Å². The van der Waals surface area contributed by atoms with Crippen molar-refractivity contribution in [2.24, 2.45) is 0 Å². The lowest BCUT2D eigenvalue weighted by Crippen LogP contribution is -2.41. The Kier molecular flexibility index (Phi) is 7.39. The van der Waals surface area contributed by atoms with Gasteiger partial charge >= 0.3 is 6.09 Å². The molecule has 0 bridgehead atoms. The van der Waals surface area contributed by atoms with Gasteiger partial charge < -0.3 is 15.0 Å². The molecule has 2 aromatic heterocycles. The second-order valence-corrected chi connectivity index (χ2v) is 10.7. The van der Waals surface area contributed by atoms with Crippen molar-refractivity contribution >= 4 is 29.0 Å². The number of carbonyl (C=O) groups excluding carboxylic acids is 2. The number of nitro benzene ring substituents is 1. The van der Waals surface area contributed by atoms with E-state index < -0.39 is 10.5 Å². The van der Waals surface area contributed by atoms with Crippen LogP contribution >= 0.6 is 11.3 Å². The highest BCUT2D eigenvalue weighted by atomic mass is 32.1. The van der Waals surface area contributed by atoms with Crippen molar-refractivity contribution in [1.82, 2.24) is 20.0 Å². The predicted octanol–water partition coefficient (Wildman–Crippen LogP) is 4.89. The number of carbonyl (C=O) groups is 2. The Hall–Kier alpha value is -3.73. The van der Waals surface area contributed by atoms with E-state index in [9.17, 15) is 19.7 Å². The fourth-order valence-corrected chi connectivity index (χ4v) is 4.83. The molecular weight excluding hydrogens is 482 g/mol. The van der Waals surface area contributed by atoms with Crippen LogP contribution in [0.5, 0.6) is 0 Å². The highest BCUT2D eigenvalue weighted by molar-refractivity contribution is 7.09. The van der Waals surface area contributed by atoms with Crippen molar-refractivity contribution in [1.29, 1.82) is 0 Å². The van der Waals surface area contributed by atoms with Crippen molar-refractivity contribution < 1.29 is 19.2 Å². The number of piperidine rings is 1. The van der Waals surface area contributed by atoms with Gasteiger partial charge in [-0.25, -0.2) is 9.48 Å². The average Bonchev–Trinajstić information content (AvgIpc) is 3.52. The number of hydrogen-bond donors (Lipinski definition) is 1. The second-order valence-electron chi connectivity index (χ2n) is 9.63. The highest BCUT2D eigenvalue weighted by Gasteiger charge is 2.32. The molecule has 4 rings (SSSR count). The Morgan fingerprint density at radius 2 is 1.89 bits per heavy atom. The number of aromatic nitrogens is 2. The van der Waals surface area contributed by atoms with Gasteiger partial charge in [-0.2, -0.15) is 5.10 Å². The van der Waals surface area contributed by atoms with Crippen LogP contribution in [0.3, 0.4) is 0 Å². The molecule has 1 aromatic carbocycles. The first-order valence-corrected chi connectivity index (χ1v) is 12.6. The number of nitrogens with zero attached hydrogens (tertiary/aromatic N) is 4. The van der Waals surface area contributed by atoms with E-state index in [4.69, 9.17) is 4.74 Å². The van der Waals surface area contributed by atoms with Crippen LogP contribution in [0.1, 0.15) is 60.5 Å². The lowest BCUT2D eigenvalue weighted by molar-refractivity contribution is -0.384. The molecule has 1 N–H and O–H groups in total. The van der Waals surface area contributed by atoms with Gasteiger partial charge in [-0.3, -0.25) is 14.9 Å². The number of ether oxygens (including phenoxy) is 1. The molecule has 0 atom stereocenters. The van der Waals surface area contributed by atoms with E-state index in [1.807, 2.05) is 38.3 Å². The minimum absolute atomic E-state index is 0.0213. The summed E-state index contributed by atoms with van der Waals surface area (Å²) < 4.78 is 7.19. The number of benzene rings is 1. The first kappa shape index (κ1) is 25.4. The van der Waals surface area contributed by atoms with Gasteiger partial charge in [0.25, 0.3) is 11.6 Å². The molecule has 1 saturated heterocycles.